The van der Waals surface area contributed by atoms with Crippen LogP contribution >= 0.6 is 0 Å². The van der Waals surface area contributed by atoms with E-state index in [1.165, 1.54) is 12.7 Å². The maximum Gasteiger partial charge on any atom is 0.254 e. The van der Waals surface area contributed by atoms with Gasteiger partial charge in [-0.2, -0.15) is 5.26 Å². The zero-order valence-corrected chi connectivity index (χ0v) is 17.3. The van der Waals surface area contributed by atoms with Crippen LogP contribution in [-0.4, -0.2) is 47.9 Å². The minimum atomic E-state index is -0.280. The Hall–Kier alpha value is -3.17. The maximum absolute atomic E-state index is 13.4. The molecule has 0 saturated carbocycles. The summed E-state index contributed by atoms with van der Waals surface area (Å²) in [4.78, 5) is 20.0. The summed E-state index contributed by atoms with van der Waals surface area (Å²) in [7, 11) is 1.49. The molecule has 2 aromatic carbocycles. The van der Waals surface area contributed by atoms with Crippen LogP contribution in [0.25, 0.3) is 11.1 Å². The number of likely N-dealkylation sites (tertiary alicyclic amines) is 1. The normalized spacial score (nSPS) is 19.1. The van der Waals surface area contributed by atoms with Crippen molar-refractivity contribution in [2.75, 3.05) is 20.3 Å². The molecule has 1 amide bonds. The number of rotatable bonds is 4. The van der Waals surface area contributed by atoms with Gasteiger partial charge in [0.2, 0.25) is 0 Å². The van der Waals surface area contributed by atoms with E-state index in [4.69, 9.17) is 4.84 Å². The van der Waals surface area contributed by atoms with Crippen molar-refractivity contribution in [1.29, 1.82) is 5.26 Å². The number of nitriles is 1. The highest BCUT2D eigenvalue weighted by Crippen LogP contribution is 2.37. The number of aliphatic hydroxyl groups excluding tert-OH is 1. The lowest BCUT2D eigenvalue weighted by Gasteiger charge is -2.24. The summed E-state index contributed by atoms with van der Waals surface area (Å²) in [5, 5.41) is 23.1. The number of hydrogen-bond acceptors (Lipinski definition) is 5. The van der Waals surface area contributed by atoms with Crippen LogP contribution in [0.2, 0.25) is 0 Å². The van der Waals surface area contributed by atoms with Crippen LogP contribution in [0, 0.1) is 18.3 Å². The molecule has 6 nitrogen and oxygen atoms in total. The van der Waals surface area contributed by atoms with Gasteiger partial charge in [0.25, 0.3) is 5.91 Å². The second-order valence-corrected chi connectivity index (χ2v) is 7.87. The summed E-state index contributed by atoms with van der Waals surface area (Å²) in [6.07, 6.45) is 3.31. The van der Waals surface area contributed by atoms with E-state index in [1.807, 2.05) is 37.3 Å². The van der Waals surface area contributed by atoms with Crippen LogP contribution in [0.5, 0.6) is 0 Å². The molecule has 1 aliphatic carbocycles. The largest absolute Gasteiger partial charge is 0.399 e. The van der Waals surface area contributed by atoms with Gasteiger partial charge in [-0.25, -0.2) is 0 Å². The van der Waals surface area contributed by atoms with Crippen LogP contribution in [0.1, 0.15) is 45.5 Å². The lowest BCUT2D eigenvalue weighted by atomic mass is 9.89. The third-order valence-electron chi connectivity index (χ3n) is 6.22. The Morgan fingerprint density at radius 1 is 1.27 bits per heavy atom. The van der Waals surface area contributed by atoms with Crippen molar-refractivity contribution in [3.8, 4) is 17.2 Å². The van der Waals surface area contributed by atoms with E-state index in [2.05, 4.69) is 11.2 Å². The predicted molar refractivity (Wildman–Crippen MR) is 114 cm³/mol. The van der Waals surface area contributed by atoms with Gasteiger partial charge in [0.05, 0.1) is 36.5 Å². The smallest absolute Gasteiger partial charge is 0.254 e. The lowest BCUT2D eigenvalue weighted by Crippen LogP contribution is -2.38. The zero-order valence-electron chi connectivity index (χ0n) is 17.3. The molecule has 1 aliphatic heterocycles. The van der Waals surface area contributed by atoms with Crippen LogP contribution in [0.3, 0.4) is 0 Å². The Morgan fingerprint density at radius 2 is 2.07 bits per heavy atom. The molecular formula is C24H25N3O3. The van der Waals surface area contributed by atoms with Gasteiger partial charge in [0.1, 0.15) is 7.11 Å². The fourth-order valence-electron chi connectivity index (χ4n) is 4.73. The topological polar surface area (TPSA) is 85.9 Å². The number of hydrogen-bond donors (Lipinski definition) is 1. The lowest BCUT2D eigenvalue weighted by molar-refractivity contribution is 0.0679. The Morgan fingerprint density at radius 3 is 2.80 bits per heavy atom. The first kappa shape index (κ1) is 20.1. The quantitative estimate of drug-likeness (QED) is 0.794. The fourth-order valence-corrected chi connectivity index (χ4v) is 4.73. The molecule has 0 radical (unpaired) electrons. The van der Waals surface area contributed by atoms with Crippen LogP contribution in [0.15, 0.2) is 35.5 Å². The minimum Gasteiger partial charge on any atom is -0.399 e. The molecular weight excluding hydrogens is 378 g/mol. The number of oxime groups is 1. The number of benzene rings is 2. The number of fused-ring (bicyclic) bond motifs is 1. The molecule has 154 valence electrons. The standard InChI is InChI=1S/C24H25N3O3/c1-15-16(12-25)5-3-6-19(15)22-9-10-23(21-8-4-7-20(21)22)24(29)27-13-17(26-30-2)11-18(27)14-28/h3,5-6,9-10,18,28H,4,7-8,11,13-14H2,1-2H3/b26-17-/t18-/m0/s1. The van der Waals surface area contributed by atoms with Gasteiger partial charge in [-0.1, -0.05) is 23.4 Å². The second-order valence-electron chi connectivity index (χ2n) is 7.87. The maximum atomic E-state index is 13.4. The van der Waals surface area contributed by atoms with E-state index in [-0.39, 0.29) is 18.6 Å². The van der Waals surface area contributed by atoms with Crippen molar-refractivity contribution < 1.29 is 14.7 Å². The number of aliphatic hydroxyl groups is 1. The number of carbonyl (C=O) groups excluding carboxylic acids is 1. The minimum absolute atomic E-state index is 0.0671. The van der Waals surface area contributed by atoms with Crippen molar-refractivity contribution in [2.24, 2.45) is 5.16 Å². The van der Waals surface area contributed by atoms with E-state index >= 15 is 0 Å². The Bertz CT molecular complexity index is 1070. The molecule has 1 N–H and O–H groups in total. The summed E-state index contributed by atoms with van der Waals surface area (Å²) in [6.45, 7) is 2.24. The monoisotopic (exact) mass is 403 g/mol. The first-order valence-electron chi connectivity index (χ1n) is 10.2. The summed E-state index contributed by atoms with van der Waals surface area (Å²) >= 11 is 0. The molecule has 0 aromatic heterocycles. The Balaban J connectivity index is 1.74. The highest BCUT2D eigenvalue weighted by atomic mass is 16.6. The molecule has 1 saturated heterocycles. The molecule has 0 bridgehead atoms. The Kier molecular flexibility index (Phi) is 5.56. The van der Waals surface area contributed by atoms with Crippen molar-refractivity contribution in [3.63, 3.8) is 0 Å². The molecule has 30 heavy (non-hydrogen) atoms. The van der Waals surface area contributed by atoms with Crippen molar-refractivity contribution in [3.05, 3.63) is 58.1 Å². The molecule has 2 aliphatic rings. The average Bonchev–Trinajstić information content (AvgIpc) is 3.40. The average molecular weight is 403 g/mol. The van der Waals surface area contributed by atoms with Crippen molar-refractivity contribution >= 4 is 11.6 Å². The van der Waals surface area contributed by atoms with E-state index in [0.717, 1.165) is 47.2 Å². The molecule has 6 heteroatoms. The van der Waals surface area contributed by atoms with E-state index in [1.54, 1.807) is 4.90 Å². The summed E-state index contributed by atoms with van der Waals surface area (Å²) in [5.41, 5.74) is 7.56. The van der Waals surface area contributed by atoms with Gasteiger partial charge in [0.15, 0.2) is 0 Å². The van der Waals surface area contributed by atoms with Crippen LogP contribution < -0.4 is 0 Å². The van der Waals surface area contributed by atoms with Crippen LogP contribution in [-0.2, 0) is 17.7 Å². The van der Waals surface area contributed by atoms with E-state index in [9.17, 15) is 15.2 Å². The first-order valence-corrected chi connectivity index (χ1v) is 10.2. The van der Waals surface area contributed by atoms with Crippen molar-refractivity contribution in [2.45, 2.75) is 38.6 Å². The van der Waals surface area contributed by atoms with Gasteiger partial charge >= 0.3 is 0 Å². The third-order valence-corrected chi connectivity index (χ3v) is 6.22. The Labute approximate surface area is 176 Å². The summed E-state index contributed by atoms with van der Waals surface area (Å²) in [6, 6.07) is 11.7. The van der Waals surface area contributed by atoms with E-state index < -0.39 is 0 Å². The van der Waals surface area contributed by atoms with Gasteiger partial charge in [-0.15, -0.1) is 0 Å². The van der Waals surface area contributed by atoms with Crippen molar-refractivity contribution in [1.82, 2.24) is 4.90 Å². The molecule has 0 unspecified atom stereocenters. The highest BCUT2D eigenvalue weighted by Gasteiger charge is 2.35. The predicted octanol–water partition coefficient (Wildman–Crippen LogP) is 3.23. The number of carbonyl (C=O) groups is 1. The zero-order chi connectivity index (χ0) is 21.3. The fraction of sp³-hybridized carbons (Fsp3) is 0.375. The van der Waals surface area contributed by atoms with Crippen LogP contribution in [0.4, 0.5) is 0 Å². The molecule has 1 fully saturated rings. The second kappa shape index (κ2) is 8.29. The van der Waals surface area contributed by atoms with Gasteiger partial charge in [-0.3, -0.25) is 4.79 Å². The van der Waals surface area contributed by atoms with Gasteiger partial charge in [-0.05, 0) is 66.1 Å². The number of amides is 1. The molecule has 4 rings (SSSR count). The SMILES string of the molecule is CO/N=C1/C[C@@H](CO)N(C(=O)c2ccc(-c3cccc(C#N)c3C)c3c2CCC3)C1. The van der Waals surface area contributed by atoms with E-state index in [0.29, 0.717) is 24.1 Å². The summed E-state index contributed by atoms with van der Waals surface area (Å²) < 4.78 is 0. The first-order chi connectivity index (χ1) is 14.6. The third kappa shape index (κ3) is 3.35. The van der Waals surface area contributed by atoms with Gasteiger partial charge in [0, 0.05) is 12.0 Å². The number of nitrogens with zero attached hydrogens (tertiary/aromatic N) is 3. The molecule has 0 spiro atoms. The summed E-state index contributed by atoms with van der Waals surface area (Å²) in [5.74, 6) is -0.0671. The molecule has 1 heterocycles. The van der Waals surface area contributed by atoms with Gasteiger partial charge < -0.3 is 14.8 Å². The molecule has 2 aromatic rings. The highest BCUT2D eigenvalue weighted by molar-refractivity contribution is 6.02. The molecule has 1 atom stereocenters.